The number of hydrogen-bond acceptors (Lipinski definition) is 4. The summed E-state index contributed by atoms with van der Waals surface area (Å²) in [5.41, 5.74) is 6.01. The van der Waals surface area contributed by atoms with Gasteiger partial charge in [0.15, 0.2) is 0 Å². The molecule has 3 aromatic carbocycles. The molecule has 0 heterocycles. The van der Waals surface area contributed by atoms with Crippen molar-refractivity contribution in [3.8, 4) is 11.1 Å². The Morgan fingerprint density at radius 3 is 2.06 bits per heavy atom. The van der Waals surface area contributed by atoms with Crippen LogP contribution >= 0.6 is 0 Å². The molecule has 2 aliphatic carbocycles. The average Bonchev–Trinajstić information content (AvgIpc) is 3.16. The number of carbonyl (C=O) groups is 2. The molecule has 1 atom stereocenters. The second-order valence-electron chi connectivity index (χ2n) is 7.93. The Labute approximate surface area is 181 Å². The summed E-state index contributed by atoms with van der Waals surface area (Å²) in [5, 5.41) is 1.10. The standard InChI is InChI=1S/C26H23NO4/c1-30-26(29)27(31-25(28)23-16-8-10-17-9-2-3-11-18(17)23)24-21-14-6-4-12-19(21)20-13-5-7-15-22(20)24/h2-7,9,11-15,23-24H,8,10,16H2,1H3. The Hall–Kier alpha value is -3.60. The molecule has 0 saturated heterocycles. The molecular formula is C26H23NO4. The molecule has 1 amide bonds. The van der Waals surface area contributed by atoms with Gasteiger partial charge < -0.3 is 9.57 Å². The highest BCUT2D eigenvalue weighted by Gasteiger charge is 2.40. The van der Waals surface area contributed by atoms with E-state index < -0.39 is 24.0 Å². The number of fused-ring (bicyclic) bond motifs is 4. The maximum atomic E-state index is 13.3. The molecule has 3 aromatic rings. The van der Waals surface area contributed by atoms with Crippen molar-refractivity contribution in [1.82, 2.24) is 5.06 Å². The fourth-order valence-corrected chi connectivity index (χ4v) is 4.83. The van der Waals surface area contributed by atoms with Gasteiger partial charge in [-0.3, -0.25) is 0 Å². The number of nitrogens with zero attached hydrogens (tertiary/aromatic N) is 1. The third kappa shape index (κ3) is 3.26. The summed E-state index contributed by atoms with van der Waals surface area (Å²) in [6.07, 6.45) is 1.85. The quantitative estimate of drug-likeness (QED) is 0.528. The monoisotopic (exact) mass is 413 g/mol. The Balaban J connectivity index is 1.52. The minimum Gasteiger partial charge on any atom is -0.451 e. The van der Waals surface area contributed by atoms with Crippen molar-refractivity contribution >= 4 is 12.1 Å². The van der Waals surface area contributed by atoms with Crippen molar-refractivity contribution < 1.29 is 19.2 Å². The molecule has 5 nitrogen and oxygen atoms in total. The van der Waals surface area contributed by atoms with Gasteiger partial charge >= 0.3 is 12.1 Å². The van der Waals surface area contributed by atoms with Crippen LogP contribution in [-0.2, 0) is 20.8 Å². The number of hydroxylamine groups is 2. The fraction of sp³-hybridized carbons (Fsp3) is 0.231. The zero-order valence-corrected chi connectivity index (χ0v) is 17.3. The van der Waals surface area contributed by atoms with Gasteiger partial charge in [0.2, 0.25) is 0 Å². The lowest BCUT2D eigenvalue weighted by Gasteiger charge is -2.30. The summed E-state index contributed by atoms with van der Waals surface area (Å²) in [5.74, 6) is -0.830. The Morgan fingerprint density at radius 1 is 0.839 bits per heavy atom. The van der Waals surface area contributed by atoms with Crippen LogP contribution in [0.1, 0.15) is 47.1 Å². The molecule has 2 aliphatic rings. The van der Waals surface area contributed by atoms with Gasteiger partial charge in [-0.05, 0) is 52.6 Å². The Morgan fingerprint density at radius 2 is 1.42 bits per heavy atom. The maximum absolute atomic E-state index is 13.3. The molecule has 0 bridgehead atoms. The number of carbonyl (C=O) groups excluding carboxylic acids is 2. The SMILES string of the molecule is COC(=O)N(OC(=O)C1CCCc2ccccc21)C1c2ccccc2-c2ccccc21. The highest BCUT2D eigenvalue weighted by molar-refractivity contribution is 5.83. The van der Waals surface area contributed by atoms with Crippen LogP contribution in [0.25, 0.3) is 11.1 Å². The van der Waals surface area contributed by atoms with Gasteiger partial charge in [0.25, 0.3) is 0 Å². The smallest absolute Gasteiger partial charge is 0.443 e. The molecule has 1 unspecified atom stereocenters. The fourth-order valence-electron chi connectivity index (χ4n) is 4.83. The van der Waals surface area contributed by atoms with E-state index in [1.807, 2.05) is 66.7 Å². The van der Waals surface area contributed by atoms with Gasteiger partial charge in [-0.15, -0.1) is 5.06 Å². The van der Waals surface area contributed by atoms with E-state index in [-0.39, 0.29) is 0 Å². The minimum atomic E-state index is -0.700. The van der Waals surface area contributed by atoms with Crippen molar-refractivity contribution in [1.29, 1.82) is 0 Å². The van der Waals surface area contributed by atoms with E-state index in [0.717, 1.165) is 51.3 Å². The van der Waals surface area contributed by atoms with E-state index in [0.29, 0.717) is 6.42 Å². The van der Waals surface area contributed by atoms with Crippen molar-refractivity contribution in [2.75, 3.05) is 7.11 Å². The van der Waals surface area contributed by atoms with E-state index in [1.165, 1.54) is 7.11 Å². The minimum absolute atomic E-state index is 0.399. The first-order valence-electron chi connectivity index (χ1n) is 10.5. The molecule has 156 valence electrons. The largest absolute Gasteiger partial charge is 0.451 e. The molecule has 0 aromatic heterocycles. The van der Waals surface area contributed by atoms with Crippen LogP contribution in [0.4, 0.5) is 4.79 Å². The van der Waals surface area contributed by atoms with Gasteiger partial charge in [-0.2, -0.15) is 0 Å². The van der Waals surface area contributed by atoms with Crippen LogP contribution in [0.15, 0.2) is 72.8 Å². The predicted octanol–water partition coefficient (Wildman–Crippen LogP) is 5.40. The van der Waals surface area contributed by atoms with E-state index in [9.17, 15) is 9.59 Å². The highest BCUT2D eigenvalue weighted by Crippen LogP contribution is 2.47. The molecule has 0 aliphatic heterocycles. The summed E-state index contributed by atoms with van der Waals surface area (Å²) in [7, 11) is 1.30. The summed E-state index contributed by atoms with van der Waals surface area (Å²) >= 11 is 0. The summed E-state index contributed by atoms with van der Waals surface area (Å²) in [4.78, 5) is 31.9. The molecular weight excluding hydrogens is 390 g/mol. The van der Waals surface area contributed by atoms with Crippen LogP contribution in [-0.4, -0.2) is 24.2 Å². The molecule has 0 fully saturated rings. The molecule has 31 heavy (non-hydrogen) atoms. The third-order valence-electron chi connectivity index (χ3n) is 6.23. The topological polar surface area (TPSA) is 55.8 Å². The lowest BCUT2D eigenvalue weighted by molar-refractivity contribution is -0.189. The third-order valence-corrected chi connectivity index (χ3v) is 6.23. The van der Waals surface area contributed by atoms with Crippen molar-refractivity contribution in [2.45, 2.75) is 31.2 Å². The van der Waals surface area contributed by atoms with Gasteiger partial charge in [0, 0.05) is 0 Å². The second kappa shape index (κ2) is 7.91. The van der Waals surface area contributed by atoms with Crippen molar-refractivity contribution in [3.63, 3.8) is 0 Å². The van der Waals surface area contributed by atoms with Crippen LogP contribution in [0.3, 0.4) is 0 Å². The predicted molar refractivity (Wildman–Crippen MR) is 116 cm³/mol. The van der Waals surface area contributed by atoms with Crippen LogP contribution < -0.4 is 0 Å². The average molecular weight is 413 g/mol. The first-order chi connectivity index (χ1) is 15.2. The first-order valence-corrected chi connectivity index (χ1v) is 10.5. The normalized spacial score (nSPS) is 16.6. The van der Waals surface area contributed by atoms with Gasteiger partial charge in [-0.25, -0.2) is 9.59 Å². The number of hydrogen-bond donors (Lipinski definition) is 0. The molecule has 5 heteroatoms. The van der Waals surface area contributed by atoms with E-state index in [4.69, 9.17) is 9.57 Å². The van der Waals surface area contributed by atoms with Gasteiger partial charge in [0.05, 0.1) is 13.0 Å². The molecule has 0 radical (unpaired) electrons. The van der Waals surface area contributed by atoms with Crippen LogP contribution in [0.2, 0.25) is 0 Å². The van der Waals surface area contributed by atoms with Crippen LogP contribution in [0, 0.1) is 0 Å². The van der Waals surface area contributed by atoms with E-state index in [1.54, 1.807) is 0 Å². The Kier molecular flexibility index (Phi) is 4.94. The Bertz CT molecular complexity index is 1110. The number of methoxy groups -OCH3 is 1. The summed E-state index contributed by atoms with van der Waals surface area (Å²) in [6.45, 7) is 0. The number of amides is 1. The zero-order chi connectivity index (χ0) is 21.4. The number of rotatable bonds is 2. The molecule has 5 rings (SSSR count). The lowest BCUT2D eigenvalue weighted by atomic mass is 9.83. The second-order valence-corrected chi connectivity index (χ2v) is 7.93. The lowest BCUT2D eigenvalue weighted by Crippen LogP contribution is -2.38. The zero-order valence-electron chi connectivity index (χ0n) is 17.3. The first kappa shape index (κ1) is 19.4. The summed E-state index contributed by atoms with van der Waals surface area (Å²) in [6, 6.07) is 23.1. The van der Waals surface area contributed by atoms with Crippen molar-refractivity contribution in [3.05, 3.63) is 95.1 Å². The molecule has 0 N–H and O–H groups in total. The number of ether oxygens (including phenoxy) is 1. The summed E-state index contributed by atoms with van der Waals surface area (Å²) < 4.78 is 5.02. The highest BCUT2D eigenvalue weighted by atomic mass is 16.8. The van der Waals surface area contributed by atoms with Crippen LogP contribution in [0.5, 0.6) is 0 Å². The number of aryl methyl sites for hydroxylation is 1. The van der Waals surface area contributed by atoms with Gasteiger partial charge in [0.1, 0.15) is 6.04 Å². The van der Waals surface area contributed by atoms with E-state index >= 15 is 0 Å². The van der Waals surface area contributed by atoms with Crippen molar-refractivity contribution in [2.24, 2.45) is 0 Å². The number of benzene rings is 3. The molecule has 0 spiro atoms. The maximum Gasteiger partial charge on any atom is 0.443 e. The van der Waals surface area contributed by atoms with E-state index in [2.05, 4.69) is 6.07 Å². The van der Waals surface area contributed by atoms with Gasteiger partial charge in [-0.1, -0.05) is 72.8 Å². The molecule has 0 saturated carbocycles.